The highest BCUT2D eigenvalue weighted by Gasteiger charge is 2.19. The monoisotopic (exact) mass is 737 g/mol. The number of nitrogens with zero attached hydrogens (tertiary/aromatic N) is 1. The van der Waals surface area contributed by atoms with Crippen LogP contribution < -0.4 is 4.90 Å². The lowest BCUT2D eigenvalue weighted by molar-refractivity contribution is 0.672. The van der Waals surface area contributed by atoms with E-state index in [-0.39, 0.29) is 0 Å². The summed E-state index contributed by atoms with van der Waals surface area (Å²) in [6.07, 6.45) is 0. The van der Waals surface area contributed by atoms with Crippen LogP contribution in [0.25, 0.3) is 98.1 Å². The summed E-state index contributed by atoms with van der Waals surface area (Å²) in [5, 5.41) is 14.5. The molecular weight excluding hydrogens is 703 g/mol. The van der Waals surface area contributed by atoms with Gasteiger partial charge in [0.05, 0.1) is 0 Å². The molecule has 58 heavy (non-hydrogen) atoms. The molecule has 0 saturated heterocycles. The average Bonchev–Trinajstić information content (AvgIpc) is 3.67. The first kappa shape index (κ1) is 32.6. The van der Waals surface area contributed by atoms with Crippen LogP contribution in [-0.4, -0.2) is 0 Å². The maximum Gasteiger partial charge on any atom is 0.143 e. The van der Waals surface area contributed by atoms with Crippen molar-refractivity contribution >= 4 is 92.9 Å². The van der Waals surface area contributed by atoms with E-state index in [0.717, 1.165) is 44.4 Å². The van der Waals surface area contributed by atoms with Crippen LogP contribution in [0, 0.1) is 0 Å². The van der Waals surface area contributed by atoms with Crippen LogP contribution in [-0.2, 0) is 0 Å². The molecule has 0 N–H and O–H groups in total. The highest BCUT2D eigenvalue weighted by Crippen LogP contribution is 2.43. The second kappa shape index (κ2) is 12.9. The fourth-order valence-corrected chi connectivity index (χ4v) is 9.17. The molecule has 11 aromatic carbocycles. The van der Waals surface area contributed by atoms with E-state index in [0.29, 0.717) is 0 Å². The van der Waals surface area contributed by atoms with E-state index in [1.54, 1.807) is 0 Å². The molecule has 1 heterocycles. The Balaban J connectivity index is 1.02. The minimum atomic E-state index is 0.868. The van der Waals surface area contributed by atoms with Crippen molar-refractivity contribution in [3.63, 3.8) is 0 Å². The van der Waals surface area contributed by atoms with Crippen molar-refractivity contribution in [3.05, 3.63) is 212 Å². The number of benzene rings is 11. The van der Waals surface area contributed by atoms with E-state index < -0.39 is 0 Å². The van der Waals surface area contributed by atoms with E-state index in [9.17, 15) is 0 Å². The van der Waals surface area contributed by atoms with Crippen molar-refractivity contribution in [1.82, 2.24) is 0 Å². The van der Waals surface area contributed by atoms with E-state index in [4.69, 9.17) is 4.42 Å². The van der Waals surface area contributed by atoms with Crippen molar-refractivity contribution in [2.75, 3.05) is 4.90 Å². The SMILES string of the molecule is c1ccc2cc(-c3ccc(N(c4ccc5c(-c6cc7ccccc7c7ccccc67)cccc5c4)c4ccc5c(c4)oc4c6ccccc6ccc54)cc3)ccc2c1. The third-order valence-corrected chi connectivity index (χ3v) is 12.0. The fraction of sp³-hybridized carbons (Fsp3) is 0. The van der Waals surface area contributed by atoms with Crippen LogP contribution in [0.1, 0.15) is 0 Å². The van der Waals surface area contributed by atoms with Crippen LogP contribution in [0.15, 0.2) is 217 Å². The molecule has 0 radical (unpaired) electrons. The predicted octanol–water partition coefficient (Wildman–Crippen LogP) is 16.2. The van der Waals surface area contributed by atoms with Crippen LogP contribution >= 0.6 is 0 Å². The molecule has 0 saturated carbocycles. The number of hydrogen-bond acceptors (Lipinski definition) is 2. The Hall–Kier alpha value is -7.68. The third-order valence-electron chi connectivity index (χ3n) is 12.0. The number of anilines is 3. The average molecular weight is 738 g/mol. The largest absolute Gasteiger partial charge is 0.455 e. The van der Waals surface area contributed by atoms with Crippen molar-refractivity contribution in [2.24, 2.45) is 0 Å². The van der Waals surface area contributed by atoms with Crippen molar-refractivity contribution in [2.45, 2.75) is 0 Å². The maximum absolute atomic E-state index is 6.71. The van der Waals surface area contributed by atoms with Crippen molar-refractivity contribution in [3.8, 4) is 22.3 Å². The van der Waals surface area contributed by atoms with Crippen molar-refractivity contribution < 1.29 is 4.42 Å². The Morgan fingerprint density at radius 3 is 1.71 bits per heavy atom. The molecule has 0 atom stereocenters. The molecule has 0 aliphatic carbocycles. The summed E-state index contributed by atoms with van der Waals surface area (Å²) < 4.78 is 6.71. The molecule has 0 aliphatic heterocycles. The summed E-state index contributed by atoms with van der Waals surface area (Å²) in [6.45, 7) is 0. The molecule has 2 heteroatoms. The molecule has 2 nitrogen and oxygen atoms in total. The van der Waals surface area contributed by atoms with Gasteiger partial charge < -0.3 is 9.32 Å². The van der Waals surface area contributed by atoms with Gasteiger partial charge in [0.2, 0.25) is 0 Å². The highest BCUT2D eigenvalue weighted by molar-refractivity contribution is 6.17. The molecule has 0 amide bonds. The Kier molecular flexibility index (Phi) is 7.26. The third kappa shape index (κ3) is 5.19. The first-order valence-electron chi connectivity index (χ1n) is 19.9. The second-order valence-corrected chi connectivity index (χ2v) is 15.3. The fourth-order valence-electron chi connectivity index (χ4n) is 9.17. The lowest BCUT2D eigenvalue weighted by Crippen LogP contribution is -2.09. The molecule has 1 aromatic heterocycles. The standard InChI is InChI=1S/C56H35NO/c1-2-12-39-32-40(21-20-36(39)10-1)37-22-25-43(26-23-37)57(45-28-31-52-53-29-24-38-11-3-6-16-48(38)56(53)58-55(52)35-45)44-27-30-47-41(33-44)14-9-19-50(47)54-34-42-13-4-5-15-46(42)49-17-7-8-18-51(49)54/h1-35H. The van der Waals surface area contributed by atoms with Gasteiger partial charge in [-0.3, -0.25) is 0 Å². The lowest BCUT2D eigenvalue weighted by Gasteiger charge is -2.26. The molecule has 0 bridgehead atoms. The first-order valence-corrected chi connectivity index (χ1v) is 19.9. The van der Waals surface area contributed by atoms with Gasteiger partial charge in [-0.15, -0.1) is 0 Å². The Labute approximate surface area is 335 Å². The van der Waals surface area contributed by atoms with Crippen molar-refractivity contribution in [1.29, 1.82) is 0 Å². The molecular formula is C56H35NO. The van der Waals surface area contributed by atoms with Gasteiger partial charge in [0.25, 0.3) is 0 Å². The van der Waals surface area contributed by atoms with Gasteiger partial charge in [0, 0.05) is 39.3 Å². The minimum absolute atomic E-state index is 0.868. The lowest BCUT2D eigenvalue weighted by atomic mass is 9.90. The molecule has 12 aromatic rings. The predicted molar refractivity (Wildman–Crippen MR) is 247 cm³/mol. The molecule has 270 valence electrons. The summed E-state index contributed by atoms with van der Waals surface area (Å²) >= 11 is 0. The first-order chi connectivity index (χ1) is 28.7. The van der Waals surface area contributed by atoms with Crippen LogP contribution in [0.3, 0.4) is 0 Å². The zero-order valence-corrected chi connectivity index (χ0v) is 31.6. The zero-order valence-electron chi connectivity index (χ0n) is 31.6. The summed E-state index contributed by atoms with van der Waals surface area (Å²) in [7, 11) is 0. The summed E-state index contributed by atoms with van der Waals surface area (Å²) in [6, 6.07) is 77.1. The topological polar surface area (TPSA) is 16.4 Å². The molecule has 12 rings (SSSR count). The summed E-state index contributed by atoms with van der Waals surface area (Å²) in [5.41, 5.74) is 9.83. The number of fused-ring (bicyclic) bond motifs is 10. The van der Waals surface area contributed by atoms with Gasteiger partial charge in [-0.05, 0) is 125 Å². The van der Waals surface area contributed by atoms with E-state index in [1.165, 1.54) is 70.7 Å². The zero-order chi connectivity index (χ0) is 38.2. The summed E-state index contributed by atoms with van der Waals surface area (Å²) in [4.78, 5) is 2.35. The van der Waals surface area contributed by atoms with Crippen LogP contribution in [0.4, 0.5) is 17.1 Å². The second-order valence-electron chi connectivity index (χ2n) is 15.3. The van der Waals surface area contributed by atoms with Gasteiger partial charge in [0.1, 0.15) is 11.2 Å². The summed E-state index contributed by atoms with van der Waals surface area (Å²) in [5.74, 6) is 0. The van der Waals surface area contributed by atoms with Gasteiger partial charge in [-0.2, -0.15) is 0 Å². The molecule has 0 unspecified atom stereocenters. The maximum atomic E-state index is 6.71. The molecule has 0 fully saturated rings. The highest BCUT2D eigenvalue weighted by atomic mass is 16.3. The van der Waals surface area contributed by atoms with Crippen LogP contribution in [0.2, 0.25) is 0 Å². The molecule has 0 aliphatic rings. The Morgan fingerprint density at radius 1 is 0.276 bits per heavy atom. The number of furan rings is 1. The quantitative estimate of drug-likeness (QED) is 0.164. The van der Waals surface area contributed by atoms with Gasteiger partial charge in [-0.25, -0.2) is 0 Å². The van der Waals surface area contributed by atoms with Gasteiger partial charge >= 0.3 is 0 Å². The van der Waals surface area contributed by atoms with Gasteiger partial charge in [-0.1, -0.05) is 152 Å². The van der Waals surface area contributed by atoms with Gasteiger partial charge in [0.15, 0.2) is 0 Å². The van der Waals surface area contributed by atoms with E-state index in [1.807, 2.05) is 0 Å². The van der Waals surface area contributed by atoms with Crippen LogP contribution in [0.5, 0.6) is 0 Å². The minimum Gasteiger partial charge on any atom is -0.455 e. The Morgan fingerprint density at radius 2 is 0.862 bits per heavy atom. The number of rotatable bonds is 5. The Bertz CT molecular complexity index is 3580. The normalized spacial score (nSPS) is 11.8. The van der Waals surface area contributed by atoms with E-state index >= 15 is 0 Å². The number of hydrogen-bond donors (Lipinski definition) is 0. The molecule has 0 spiro atoms. The van der Waals surface area contributed by atoms with E-state index in [2.05, 4.69) is 217 Å². The smallest absolute Gasteiger partial charge is 0.143 e.